The first kappa shape index (κ1) is 9.83. The van der Waals surface area contributed by atoms with E-state index in [0.29, 0.717) is 17.7 Å². The van der Waals surface area contributed by atoms with Crippen molar-refractivity contribution in [1.29, 1.82) is 0 Å². The van der Waals surface area contributed by atoms with Gasteiger partial charge in [-0.05, 0) is 13.0 Å². The summed E-state index contributed by atoms with van der Waals surface area (Å²) in [5.41, 5.74) is 0.820. The highest BCUT2D eigenvalue weighted by Crippen LogP contribution is 2.08. The summed E-state index contributed by atoms with van der Waals surface area (Å²) in [7, 11) is 0. The molecule has 0 saturated carbocycles. The third-order valence-corrected chi connectivity index (χ3v) is 2.66. The Hall–Kier alpha value is -0.710. The molecule has 0 aliphatic carbocycles. The Morgan fingerprint density at radius 3 is 3.07 bits per heavy atom. The Morgan fingerprint density at radius 1 is 1.50 bits per heavy atom. The van der Waals surface area contributed by atoms with Crippen LogP contribution in [0.5, 0.6) is 0 Å². The van der Waals surface area contributed by atoms with Gasteiger partial charge in [-0.3, -0.25) is 4.98 Å². The Morgan fingerprint density at radius 2 is 2.36 bits per heavy atom. The number of hydrogen-bond donors (Lipinski definition) is 2. The molecule has 1 aromatic rings. The van der Waals surface area contributed by atoms with Crippen molar-refractivity contribution in [2.75, 3.05) is 13.1 Å². The van der Waals surface area contributed by atoms with E-state index in [4.69, 9.17) is 11.6 Å². The normalized spacial score (nSPS) is 21.4. The lowest BCUT2D eigenvalue weighted by molar-refractivity contribution is 0.541. The molecular weight excluding hydrogens is 200 g/mol. The topological polar surface area (TPSA) is 49.8 Å². The monoisotopic (exact) mass is 212 g/mol. The fourth-order valence-electron chi connectivity index (χ4n) is 1.54. The number of halogens is 1. The van der Waals surface area contributed by atoms with Crippen LogP contribution >= 0.6 is 11.6 Å². The molecule has 2 heterocycles. The third kappa shape index (κ3) is 2.41. The molecule has 1 aliphatic rings. The number of hydrogen-bond acceptors (Lipinski definition) is 4. The Balaban J connectivity index is 1.88. The summed E-state index contributed by atoms with van der Waals surface area (Å²) >= 11 is 5.88. The van der Waals surface area contributed by atoms with Crippen LogP contribution in [0, 0.1) is 0 Å². The van der Waals surface area contributed by atoms with Crippen LogP contribution in [-0.2, 0) is 6.54 Å². The quantitative estimate of drug-likeness (QED) is 0.770. The van der Waals surface area contributed by atoms with Gasteiger partial charge in [0.2, 0.25) is 0 Å². The van der Waals surface area contributed by atoms with Gasteiger partial charge in [0, 0.05) is 31.5 Å². The molecule has 1 saturated heterocycles. The van der Waals surface area contributed by atoms with Crippen LogP contribution in [-0.4, -0.2) is 29.1 Å². The summed E-state index contributed by atoms with van der Waals surface area (Å²) in [6.07, 6.45) is 4.43. The number of aromatic nitrogens is 2. The highest BCUT2D eigenvalue weighted by molar-refractivity contribution is 6.29. The van der Waals surface area contributed by atoms with Gasteiger partial charge in [0.05, 0.1) is 5.69 Å². The van der Waals surface area contributed by atoms with Gasteiger partial charge in [0.15, 0.2) is 5.15 Å². The molecule has 2 N–H and O–H groups in total. The van der Waals surface area contributed by atoms with Crippen molar-refractivity contribution in [3.63, 3.8) is 0 Å². The second kappa shape index (κ2) is 4.68. The van der Waals surface area contributed by atoms with Crippen LogP contribution in [0.25, 0.3) is 0 Å². The van der Waals surface area contributed by atoms with Crippen molar-refractivity contribution in [3.05, 3.63) is 23.2 Å². The van der Waals surface area contributed by atoms with Gasteiger partial charge in [0.25, 0.3) is 0 Å². The fourth-order valence-corrected chi connectivity index (χ4v) is 1.71. The van der Waals surface area contributed by atoms with E-state index in [1.807, 2.05) is 0 Å². The molecule has 76 valence electrons. The van der Waals surface area contributed by atoms with E-state index in [1.165, 1.54) is 0 Å². The van der Waals surface area contributed by atoms with Crippen LogP contribution in [0.1, 0.15) is 12.1 Å². The number of nitrogens with zero attached hydrogens (tertiary/aromatic N) is 2. The van der Waals surface area contributed by atoms with Crippen LogP contribution in [0.3, 0.4) is 0 Å². The lowest BCUT2D eigenvalue weighted by atomic mass is 10.2. The lowest BCUT2D eigenvalue weighted by Gasteiger charge is -2.10. The molecule has 0 aromatic carbocycles. The van der Waals surface area contributed by atoms with Gasteiger partial charge in [-0.25, -0.2) is 4.98 Å². The average Bonchev–Trinajstić information content (AvgIpc) is 2.69. The average molecular weight is 213 g/mol. The Labute approximate surface area is 88.1 Å². The smallest absolute Gasteiger partial charge is 0.151 e. The molecule has 0 amide bonds. The Kier molecular flexibility index (Phi) is 3.29. The van der Waals surface area contributed by atoms with Crippen LogP contribution in [0.15, 0.2) is 12.4 Å². The fraction of sp³-hybridized carbons (Fsp3) is 0.556. The highest BCUT2D eigenvalue weighted by Gasteiger charge is 2.14. The van der Waals surface area contributed by atoms with E-state index >= 15 is 0 Å². The summed E-state index contributed by atoms with van der Waals surface area (Å²) in [4.78, 5) is 8.13. The molecule has 1 aliphatic heterocycles. The van der Waals surface area contributed by atoms with Crippen molar-refractivity contribution < 1.29 is 0 Å². The Bertz CT molecular complexity index is 299. The van der Waals surface area contributed by atoms with E-state index in [0.717, 1.165) is 25.2 Å². The molecule has 0 radical (unpaired) electrons. The van der Waals surface area contributed by atoms with Crippen LogP contribution in [0.4, 0.5) is 0 Å². The third-order valence-electron chi connectivity index (χ3n) is 2.34. The molecule has 1 aromatic heterocycles. The van der Waals surface area contributed by atoms with Crippen molar-refractivity contribution in [3.8, 4) is 0 Å². The second-order valence-electron chi connectivity index (χ2n) is 3.36. The van der Waals surface area contributed by atoms with Crippen LogP contribution < -0.4 is 10.6 Å². The maximum absolute atomic E-state index is 5.88. The summed E-state index contributed by atoms with van der Waals surface area (Å²) < 4.78 is 0. The standard InChI is InChI=1S/C9H13ClN4/c10-9-8(12-3-4-13-9)6-14-7-1-2-11-5-7/h3-4,7,11,14H,1-2,5-6H2. The summed E-state index contributed by atoms with van der Waals surface area (Å²) in [6, 6.07) is 0.535. The van der Waals surface area contributed by atoms with Crippen molar-refractivity contribution >= 4 is 11.6 Å². The molecule has 0 bridgehead atoms. The summed E-state index contributed by atoms with van der Waals surface area (Å²) in [5, 5.41) is 7.17. The summed E-state index contributed by atoms with van der Waals surface area (Å²) in [6.45, 7) is 2.81. The number of nitrogens with one attached hydrogen (secondary N) is 2. The molecule has 1 unspecified atom stereocenters. The molecule has 1 fully saturated rings. The van der Waals surface area contributed by atoms with E-state index in [-0.39, 0.29) is 0 Å². The van der Waals surface area contributed by atoms with Crippen molar-refractivity contribution in [2.45, 2.75) is 19.0 Å². The molecule has 5 heteroatoms. The molecule has 4 nitrogen and oxygen atoms in total. The van der Waals surface area contributed by atoms with E-state index in [2.05, 4.69) is 20.6 Å². The lowest BCUT2D eigenvalue weighted by Crippen LogP contribution is -2.30. The van der Waals surface area contributed by atoms with Crippen molar-refractivity contribution in [2.24, 2.45) is 0 Å². The highest BCUT2D eigenvalue weighted by atomic mass is 35.5. The predicted octanol–water partition coefficient (Wildman–Crippen LogP) is 0.582. The summed E-state index contributed by atoms with van der Waals surface area (Å²) in [5.74, 6) is 0. The zero-order valence-corrected chi connectivity index (χ0v) is 8.59. The maximum Gasteiger partial charge on any atom is 0.151 e. The predicted molar refractivity (Wildman–Crippen MR) is 55.2 cm³/mol. The maximum atomic E-state index is 5.88. The first-order valence-corrected chi connectivity index (χ1v) is 5.13. The minimum Gasteiger partial charge on any atom is -0.315 e. The first-order valence-electron chi connectivity index (χ1n) is 4.76. The van der Waals surface area contributed by atoms with Gasteiger partial charge < -0.3 is 10.6 Å². The van der Waals surface area contributed by atoms with E-state index < -0.39 is 0 Å². The zero-order chi connectivity index (χ0) is 9.80. The van der Waals surface area contributed by atoms with Gasteiger partial charge in [-0.2, -0.15) is 0 Å². The molecule has 0 spiro atoms. The molecule has 1 atom stereocenters. The molecule has 14 heavy (non-hydrogen) atoms. The van der Waals surface area contributed by atoms with E-state index in [1.54, 1.807) is 12.4 Å². The minimum absolute atomic E-state index is 0.492. The molecular formula is C9H13ClN4. The van der Waals surface area contributed by atoms with Gasteiger partial charge in [-0.15, -0.1) is 0 Å². The van der Waals surface area contributed by atoms with Gasteiger partial charge in [0.1, 0.15) is 0 Å². The molecule has 2 rings (SSSR count). The largest absolute Gasteiger partial charge is 0.315 e. The van der Waals surface area contributed by atoms with Crippen molar-refractivity contribution in [1.82, 2.24) is 20.6 Å². The second-order valence-corrected chi connectivity index (χ2v) is 3.72. The SMILES string of the molecule is Clc1nccnc1CNC1CCNC1. The van der Waals surface area contributed by atoms with Gasteiger partial charge in [-0.1, -0.05) is 11.6 Å². The van der Waals surface area contributed by atoms with Crippen LogP contribution in [0.2, 0.25) is 5.15 Å². The minimum atomic E-state index is 0.492. The number of rotatable bonds is 3. The van der Waals surface area contributed by atoms with Gasteiger partial charge >= 0.3 is 0 Å². The first-order chi connectivity index (χ1) is 6.86. The van der Waals surface area contributed by atoms with E-state index in [9.17, 15) is 0 Å². The zero-order valence-electron chi connectivity index (χ0n) is 7.83.